The average molecular weight is 381 g/mol. The molecule has 0 aliphatic heterocycles. The minimum absolute atomic E-state index is 0.0649. The van der Waals surface area contributed by atoms with Gasteiger partial charge in [0, 0.05) is 11.0 Å². The van der Waals surface area contributed by atoms with E-state index < -0.39 is 0 Å². The van der Waals surface area contributed by atoms with E-state index in [0.717, 1.165) is 15.7 Å². The molecule has 0 saturated heterocycles. The van der Waals surface area contributed by atoms with Crippen molar-refractivity contribution >= 4 is 56.4 Å². The number of rotatable bonds is 3. The molecule has 0 unspecified atom stereocenters. The lowest BCUT2D eigenvalue weighted by atomic mass is 10.2. The van der Waals surface area contributed by atoms with Gasteiger partial charge >= 0.3 is 0 Å². The van der Waals surface area contributed by atoms with Crippen molar-refractivity contribution in [2.75, 3.05) is 5.32 Å². The first kappa shape index (κ1) is 14.8. The second-order valence-corrected chi connectivity index (χ2v) is 5.88. The number of nitrogens with one attached hydrogen (secondary N) is 1. The molecule has 0 aliphatic carbocycles. The van der Waals surface area contributed by atoms with E-state index >= 15 is 0 Å². The first-order chi connectivity index (χ1) is 8.99. The normalized spacial score (nSPS) is 10.5. The van der Waals surface area contributed by atoms with E-state index in [-0.39, 0.29) is 5.75 Å². The molecule has 0 spiro atoms. The Morgan fingerprint density at radius 3 is 2.47 bits per heavy atom. The molecule has 0 fully saturated rings. The maximum Gasteiger partial charge on any atom is 0.134 e. The standard InChI is InChI=1S/C13H9BrCl3NO/c14-8-2-3-10(13(17)12(8)16)18-6-7-1-4-11(19)9(15)5-7/h1-5,18-19H,6H2. The van der Waals surface area contributed by atoms with Gasteiger partial charge in [-0.1, -0.05) is 40.9 Å². The van der Waals surface area contributed by atoms with Crippen LogP contribution in [0.1, 0.15) is 5.56 Å². The van der Waals surface area contributed by atoms with Crippen LogP contribution in [0.25, 0.3) is 0 Å². The number of hydrogen-bond acceptors (Lipinski definition) is 2. The highest BCUT2D eigenvalue weighted by atomic mass is 79.9. The third-order valence-electron chi connectivity index (χ3n) is 2.53. The Hall–Kier alpha value is -0.610. The first-order valence-corrected chi connectivity index (χ1v) is 7.26. The van der Waals surface area contributed by atoms with Gasteiger partial charge in [0.25, 0.3) is 0 Å². The third kappa shape index (κ3) is 3.48. The quantitative estimate of drug-likeness (QED) is 0.666. The summed E-state index contributed by atoms with van der Waals surface area (Å²) in [5.74, 6) is 0.0649. The monoisotopic (exact) mass is 379 g/mol. The molecule has 2 rings (SSSR count). The van der Waals surface area contributed by atoms with Crippen LogP contribution in [0.15, 0.2) is 34.8 Å². The number of phenols is 1. The molecular weight excluding hydrogens is 372 g/mol. The Labute approximate surface area is 134 Å². The van der Waals surface area contributed by atoms with Crippen molar-refractivity contribution in [2.24, 2.45) is 0 Å². The van der Waals surface area contributed by atoms with Gasteiger partial charge in [-0.25, -0.2) is 0 Å². The van der Waals surface area contributed by atoms with Gasteiger partial charge in [-0.05, 0) is 45.8 Å². The maximum atomic E-state index is 9.34. The fourth-order valence-electron chi connectivity index (χ4n) is 1.52. The van der Waals surface area contributed by atoms with Crippen molar-refractivity contribution in [3.63, 3.8) is 0 Å². The second kappa shape index (κ2) is 6.23. The number of phenolic OH excluding ortho intramolecular Hbond substituents is 1. The summed E-state index contributed by atoms with van der Waals surface area (Å²) in [6.45, 7) is 0.525. The molecule has 0 bridgehead atoms. The highest BCUT2D eigenvalue weighted by molar-refractivity contribution is 9.10. The minimum atomic E-state index is 0.0649. The van der Waals surface area contributed by atoms with Crippen LogP contribution in [-0.2, 0) is 6.54 Å². The zero-order valence-electron chi connectivity index (χ0n) is 9.55. The van der Waals surface area contributed by atoms with Crippen LogP contribution in [0.4, 0.5) is 5.69 Å². The molecule has 2 aromatic carbocycles. The minimum Gasteiger partial charge on any atom is -0.506 e. The molecule has 2 N–H and O–H groups in total. The van der Waals surface area contributed by atoms with Gasteiger partial charge in [0.15, 0.2) is 0 Å². The van der Waals surface area contributed by atoms with Gasteiger partial charge in [0.05, 0.1) is 20.8 Å². The average Bonchev–Trinajstić information content (AvgIpc) is 2.39. The summed E-state index contributed by atoms with van der Waals surface area (Å²) in [5, 5.41) is 13.8. The summed E-state index contributed by atoms with van der Waals surface area (Å²) in [7, 11) is 0. The zero-order valence-corrected chi connectivity index (χ0v) is 13.4. The van der Waals surface area contributed by atoms with Crippen molar-refractivity contribution in [2.45, 2.75) is 6.54 Å². The molecule has 100 valence electrons. The summed E-state index contributed by atoms with van der Waals surface area (Å²) in [5.41, 5.74) is 1.66. The van der Waals surface area contributed by atoms with E-state index in [4.69, 9.17) is 34.8 Å². The van der Waals surface area contributed by atoms with Crippen LogP contribution in [0.5, 0.6) is 5.75 Å². The summed E-state index contributed by atoms with van der Waals surface area (Å²) in [6.07, 6.45) is 0. The number of anilines is 1. The van der Waals surface area contributed by atoms with E-state index in [2.05, 4.69) is 21.2 Å². The number of benzene rings is 2. The van der Waals surface area contributed by atoms with E-state index in [1.165, 1.54) is 0 Å². The number of halogens is 4. The van der Waals surface area contributed by atoms with Gasteiger partial charge in [-0.15, -0.1) is 0 Å². The Balaban J connectivity index is 2.14. The van der Waals surface area contributed by atoms with Crippen LogP contribution in [0, 0.1) is 0 Å². The lowest BCUT2D eigenvalue weighted by Gasteiger charge is -2.11. The fraction of sp³-hybridized carbons (Fsp3) is 0.0769. The van der Waals surface area contributed by atoms with Crippen molar-refractivity contribution in [1.82, 2.24) is 0 Å². The molecule has 0 aliphatic rings. The van der Waals surface area contributed by atoms with Gasteiger partial charge in [-0.3, -0.25) is 0 Å². The number of hydrogen-bond donors (Lipinski definition) is 2. The topological polar surface area (TPSA) is 32.3 Å². The predicted octanol–water partition coefficient (Wildman–Crippen LogP) is 5.73. The molecule has 0 heterocycles. The summed E-state index contributed by atoms with van der Waals surface area (Å²) >= 11 is 21.3. The molecule has 0 radical (unpaired) electrons. The van der Waals surface area contributed by atoms with Gasteiger partial charge < -0.3 is 10.4 Å². The summed E-state index contributed by atoms with van der Waals surface area (Å²) in [6, 6.07) is 8.68. The van der Waals surface area contributed by atoms with Crippen LogP contribution in [0.2, 0.25) is 15.1 Å². The second-order valence-electron chi connectivity index (χ2n) is 3.86. The van der Waals surface area contributed by atoms with Crippen molar-refractivity contribution in [1.29, 1.82) is 0 Å². The lowest BCUT2D eigenvalue weighted by Crippen LogP contribution is -2.00. The Bertz CT molecular complexity index is 619. The molecule has 0 saturated carbocycles. The van der Waals surface area contributed by atoms with Crippen molar-refractivity contribution in [3.8, 4) is 5.75 Å². The molecule has 6 heteroatoms. The van der Waals surface area contributed by atoms with Gasteiger partial charge in [-0.2, -0.15) is 0 Å². The molecular formula is C13H9BrCl3NO. The van der Waals surface area contributed by atoms with Crippen molar-refractivity contribution < 1.29 is 5.11 Å². The van der Waals surface area contributed by atoms with E-state index in [9.17, 15) is 5.11 Å². The van der Waals surface area contributed by atoms with E-state index in [0.29, 0.717) is 21.6 Å². The molecule has 0 atom stereocenters. The maximum absolute atomic E-state index is 9.34. The highest BCUT2D eigenvalue weighted by Crippen LogP contribution is 2.36. The van der Waals surface area contributed by atoms with E-state index in [1.54, 1.807) is 18.2 Å². The predicted molar refractivity (Wildman–Crippen MR) is 84.6 cm³/mol. The Morgan fingerprint density at radius 2 is 1.79 bits per heavy atom. The molecule has 2 nitrogen and oxygen atoms in total. The van der Waals surface area contributed by atoms with Crippen LogP contribution in [-0.4, -0.2) is 5.11 Å². The Morgan fingerprint density at radius 1 is 1.05 bits per heavy atom. The summed E-state index contributed by atoms with van der Waals surface area (Å²) in [4.78, 5) is 0. The Kier molecular flexibility index (Phi) is 4.85. The lowest BCUT2D eigenvalue weighted by molar-refractivity contribution is 0.475. The fourth-order valence-corrected chi connectivity index (χ4v) is 2.56. The summed E-state index contributed by atoms with van der Waals surface area (Å²) < 4.78 is 0.748. The highest BCUT2D eigenvalue weighted by Gasteiger charge is 2.08. The number of aromatic hydroxyl groups is 1. The van der Waals surface area contributed by atoms with Gasteiger partial charge in [0.1, 0.15) is 5.75 Å². The SMILES string of the molecule is Oc1ccc(CNc2ccc(Br)c(Cl)c2Cl)cc1Cl. The first-order valence-electron chi connectivity index (χ1n) is 5.34. The van der Waals surface area contributed by atoms with Gasteiger partial charge in [0.2, 0.25) is 0 Å². The molecule has 19 heavy (non-hydrogen) atoms. The van der Waals surface area contributed by atoms with Crippen LogP contribution < -0.4 is 5.32 Å². The van der Waals surface area contributed by atoms with Crippen LogP contribution in [0.3, 0.4) is 0 Å². The van der Waals surface area contributed by atoms with Crippen molar-refractivity contribution in [3.05, 3.63) is 55.4 Å². The molecule has 0 aromatic heterocycles. The molecule has 0 amide bonds. The zero-order chi connectivity index (χ0) is 14.0. The van der Waals surface area contributed by atoms with E-state index in [1.807, 2.05) is 12.1 Å². The van der Waals surface area contributed by atoms with Crippen LogP contribution >= 0.6 is 50.7 Å². The molecule has 2 aromatic rings. The smallest absolute Gasteiger partial charge is 0.134 e. The third-order valence-corrected chi connectivity index (χ3v) is 4.60. The largest absolute Gasteiger partial charge is 0.506 e.